The number of likely N-dealkylation sites (tertiary alicyclic amines) is 1. The predicted octanol–water partition coefficient (Wildman–Crippen LogP) is 3.35. The lowest BCUT2D eigenvalue weighted by Crippen LogP contribution is -2.46. The van der Waals surface area contributed by atoms with Crippen LogP contribution in [-0.4, -0.2) is 51.7 Å². The normalized spacial score (nSPS) is 13.9. The molecular weight excluding hydrogens is 456 g/mol. The first-order valence-electron chi connectivity index (χ1n) is 11.1. The number of hydrogen-bond donors (Lipinski definition) is 2. The minimum atomic E-state index is -1.16. The van der Waals surface area contributed by atoms with Crippen LogP contribution < -0.4 is 10.6 Å². The molecule has 0 spiro atoms. The zero-order chi connectivity index (χ0) is 24.9. The van der Waals surface area contributed by atoms with Gasteiger partial charge in [0.15, 0.2) is 23.1 Å². The van der Waals surface area contributed by atoms with E-state index in [9.17, 15) is 23.2 Å². The quantitative estimate of drug-likeness (QED) is 0.584. The number of anilines is 1. The van der Waals surface area contributed by atoms with Gasteiger partial charge in [0, 0.05) is 42.7 Å². The second-order valence-corrected chi connectivity index (χ2v) is 8.24. The van der Waals surface area contributed by atoms with E-state index in [0.717, 1.165) is 23.8 Å². The molecule has 1 aliphatic heterocycles. The summed E-state index contributed by atoms with van der Waals surface area (Å²) in [4.78, 5) is 47.8. The standard InChI is InChI=1S/C25H23F2N5O3/c1-15-2-4-16(5-3-15)25(35)32-12-8-18(9-13-32)30-24(34)21-22(29-11-10-28-21)31-23(33)17-6-7-19(26)20(27)14-17/h2-7,10-11,14,18H,8-9,12-13H2,1H3,(H,30,34)(H,29,31,33). The molecule has 1 fully saturated rings. The number of aryl methyl sites for hydroxylation is 1. The molecule has 2 heterocycles. The van der Waals surface area contributed by atoms with Crippen molar-refractivity contribution in [1.29, 1.82) is 0 Å². The lowest BCUT2D eigenvalue weighted by atomic mass is 10.0. The van der Waals surface area contributed by atoms with E-state index in [4.69, 9.17) is 0 Å². The summed E-state index contributed by atoms with van der Waals surface area (Å²) in [5.74, 6) is -3.70. The molecule has 8 nitrogen and oxygen atoms in total. The summed E-state index contributed by atoms with van der Waals surface area (Å²) in [5, 5.41) is 5.29. The van der Waals surface area contributed by atoms with E-state index >= 15 is 0 Å². The van der Waals surface area contributed by atoms with Crippen LogP contribution in [0.1, 0.15) is 49.6 Å². The van der Waals surface area contributed by atoms with Gasteiger partial charge in [0.25, 0.3) is 17.7 Å². The topological polar surface area (TPSA) is 104 Å². The highest BCUT2D eigenvalue weighted by Gasteiger charge is 2.26. The van der Waals surface area contributed by atoms with Crippen LogP contribution in [0.25, 0.3) is 0 Å². The van der Waals surface area contributed by atoms with E-state index in [-0.39, 0.29) is 29.0 Å². The Morgan fingerprint density at radius 3 is 2.23 bits per heavy atom. The number of carbonyl (C=O) groups excluding carboxylic acids is 3. The third kappa shape index (κ3) is 5.65. The predicted molar refractivity (Wildman–Crippen MR) is 124 cm³/mol. The molecule has 0 atom stereocenters. The van der Waals surface area contributed by atoms with E-state index in [1.165, 1.54) is 12.4 Å². The molecule has 3 amide bonds. The highest BCUT2D eigenvalue weighted by atomic mass is 19.2. The largest absolute Gasteiger partial charge is 0.348 e. The molecular formula is C25H23F2N5O3. The molecule has 10 heteroatoms. The lowest BCUT2D eigenvalue weighted by Gasteiger charge is -2.32. The van der Waals surface area contributed by atoms with Crippen LogP contribution in [0.2, 0.25) is 0 Å². The lowest BCUT2D eigenvalue weighted by molar-refractivity contribution is 0.0697. The molecule has 0 saturated carbocycles. The Morgan fingerprint density at radius 2 is 1.54 bits per heavy atom. The van der Waals surface area contributed by atoms with Gasteiger partial charge in [-0.1, -0.05) is 17.7 Å². The van der Waals surface area contributed by atoms with Gasteiger partial charge in [-0.3, -0.25) is 14.4 Å². The molecule has 3 aromatic rings. The monoisotopic (exact) mass is 479 g/mol. The van der Waals surface area contributed by atoms with Crippen molar-refractivity contribution in [3.05, 3.63) is 88.9 Å². The first-order valence-corrected chi connectivity index (χ1v) is 11.1. The maximum Gasteiger partial charge on any atom is 0.273 e. The number of piperidine rings is 1. The Balaban J connectivity index is 1.36. The van der Waals surface area contributed by atoms with Gasteiger partial charge >= 0.3 is 0 Å². The van der Waals surface area contributed by atoms with Crippen molar-refractivity contribution in [1.82, 2.24) is 20.2 Å². The van der Waals surface area contributed by atoms with Crippen molar-refractivity contribution in [3.8, 4) is 0 Å². The Bertz CT molecular complexity index is 1260. The Labute approximate surface area is 200 Å². The summed E-state index contributed by atoms with van der Waals surface area (Å²) >= 11 is 0. The second-order valence-electron chi connectivity index (χ2n) is 8.24. The molecule has 4 rings (SSSR count). The molecule has 0 unspecified atom stereocenters. The summed E-state index contributed by atoms with van der Waals surface area (Å²) in [7, 11) is 0. The molecule has 0 aliphatic carbocycles. The van der Waals surface area contributed by atoms with E-state index in [1.807, 2.05) is 19.1 Å². The fourth-order valence-corrected chi connectivity index (χ4v) is 3.77. The smallest absolute Gasteiger partial charge is 0.273 e. The minimum absolute atomic E-state index is 0.0501. The Morgan fingerprint density at radius 1 is 0.886 bits per heavy atom. The van der Waals surface area contributed by atoms with Crippen molar-refractivity contribution in [2.45, 2.75) is 25.8 Å². The van der Waals surface area contributed by atoms with Gasteiger partial charge in [-0.2, -0.15) is 0 Å². The third-order valence-corrected chi connectivity index (χ3v) is 5.74. The maximum atomic E-state index is 13.5. The molecule has 1 aromatic heterocycles. The minimum Gasteiger partial charge on any atom is -0.348 e. The van der Waals surface area contributed by atoms with Crippen molar-refractivity contribution in [2.24, 2.45) is 0 Å². The molecule has 1 saturated heterocycles. The van der Waals surface area contributed by atoms with Crippen LogP contribution in [0, 0.1) is 18.6 Å². The third-order valence-electron chi connectivity index (χ3n) is 5.74. The number of rotatable bonds is 5. The van der Waals surface area contributed by atoms with Gasteiger partial charge in [0.1, 0.15) is 0 Å². The summed E-state index contributed by atoms with van der Waals surface area (Å²) in [6.45, 7) is 2.93. The molecule has 0 bridgehead atoms. The second kappa shape index (κ2) is 10.4. The Hall–Kier alpha value is -4.21. The number of nitrogens with one attached hydrogen (secondary N) is 2. The van der Waals surface area contributed by atoms with E-state index < -0.39 is 23.4 Å². The van der Waals surface area contributed by atoms with Crippen molar-refractivity contribution in [2.75, 3.05) is 18.4 Å². The number of carbonyl (C=O) groups is 3. The van der Waals surface area contributed by atoms with Crippen molar-refractivity contribution >= 4 is 23.5 Å². The highest BCUT2D eigenvalue weighted by molar-refractivity contribution is 6.07. The van der Waals surface area contributed by atoms with E-state index in [2.05, 4.69) is 20.6 Å². The molecule has 0 radical (unpaired) electrons. The fourth-order valence-electron chi connectivity index (χ4n) is 3.77. The zero-order valence-corrected chi connectivity index (χ0v) is 18.9. The van der Waals surface area contributed by atoms with Crippen LogP contribution >= 0.6 is 0 Å². The number of hydrogen-bond acceptors (Lipinski definition) is 5. The van der Waals surface area contributed by atoms with Crippen LogP contribution in [0.15, 0.2) is 54.9 Å². The van der Waals surface area contributed by atoms with E-state index in [1.54, 1.807) is 17.0 Å². The zero-order valence-electron chi connectivity index (χ0n) is 18.9. The van der Waals surface area contributed by atoms with Gasteiger partial charge in [0.05, 0.1) is 0 Å². The van der Waals surface area contributed by atoms with Gasteiger partial charge in [-0.15, -0.1) is 0 Å². The number of halogens is 2. The van der Waals surface area contributed by atoms with Crippen LogP contribution in [0.3, 0.4) is 0 Å². The van der Waals surface area contributed by atoms with E-state index in [0.29, 0.717) is 31.5 Å². The van der Waals surface area contributed by atoms with Gasteiger partial charge in [-0.25, -0.2) is 18.7 Å². The SMILES string of the molecule is Cc1ccc(C(=O)N2CCC(NC(=O)c3nccnc3NC(=O)c3ccc(F)c(F)c3)CC2)cc1. The summed E-state index contributed by atoms with van der Waals surface area (Å²) in [6.07, 6.45) is 3.72. The first-order chi connectivity index (χ1) is 16.8. The summed E-state index contributed by atoms with van der Waals surface area (Å²) < 4.78 is 26.6. The number of aromatic nitrogens is 2. The van der Waals surface area contributed by atoms with Crippen molar-refractivity contribution in [3.63, 3.8) is 0 Å². The van der Waals surface area contributed by atoms with Crippen LogP contribution in [0.5, 0.6) is 0 Å². The average Bonchev–Trinajstić information content (AvgIpc) is 2.86. The van der Waals surface area contributed by atoms with Gasteiger partial charge in [0.2, 0.25) is 0 Å². The number of benzene rings is 2. The van der Waals surface area contributed by atoms with Gasteiger partial charge < -0.3 is 15.5 Å². The average molecular weight is 479 g/mol. The van der Waals surface area contributed by atoms with Crippen LogP contribution in [-0.2, 0) is 0 Å². The molecule has 1 aliphatic rings. The molecule has 180 valence electrons. The fraction of sp³-hybridized carbons (Fsp3) is 0.240. The Kier molecular flexibility index (Phi) is 7.09. The van der Waals surface area contributed by atoms with Crippen molar-refractivity contribution < 1.29 is 23.2 Å². The highest BCUT2D eigenvalue weighted by Crippen LogP contribution is 2.17. The molecule has 35 heavy (non-hydrogen) atoms. The first kappa shape index (κ1) is 23.9. The molecule has 2 N–H and O–H groups in total. The maximum absolute atomic E-state index is 13.5. The van der Waals surface area contributed by atoms with Crippen LogP contribution in [0.4, 0.5) is 14.6 Å². The summed E-state index contributed by atoms with van der Waals surface area (Å²) in [6, 6.07) is 9.91. The van der Waals surface area contributed by atoms with Gasteiger partial charge in [-0.05, 0) is 50.1 Å². The number of amides is 3. The summed E-state index contributed by atoms with van der Waals surface area (Å²) in [5.41, 5.74) is 1.46. The number of nitrogens with zero attached hydrogens (tertiary/aromatic N) is 3. The molecule has 2 aromatic carbocycles.